The maximum atomic E-state index is 13.0. The summed E-state index contributed by atoms with van der Waals surface area (Å²) in [7, 11) is -9.83. The summed E-state index contributed by atoms with van der Waals surface area (Å²) < 4.78 is 70.7. The average molecular weight is 510 g/mol. The molecule has 1 saturated heterocycles. The van der Waals surface area contributed by atoms with Crippen molar-refractivity contribution in [2.24, 2.45) is 5.92 Å². The molecule has 172 valence electrons. The van der Waals surface area contributed by atoms with Gasteiger partial charge in [-0.3, -0.25) is 4.79 Å². The predicted molar refractivity (Wildman–Crippen MR) is 117 cm³/mol. The van der Waals surface area contributed by atoms with Gasteiger partial charge in [0.05, 0.1) is 10.3 Å². The van der Waals surface area contributed by atoms with Crippen molar-refractivity contribution in [2.45, 2.75) is 34.8 Å². The van der Waals surface area contributed by atoms with Crippen LogP contribution in [0.3, 0.4) is 0 Å². The van der Waals surface area contributed by atoms with Gasteiger partial charge in [0.1, 0.15) is 16.4 Å². The largest absolute Gasteiger partial charge is 0.456 e. The maximum Gasteiger partial charge on any atom is 0.310 e. The van der Waals surface area contributed by atoms with Crippen LogP contribution in [-0.4, -0.2) is 10.5 Å². The molecule has 2 fully saturated rings. The number of hydrogen-bond donors (Lipinski definition) is 1. The quantitative estimate of drug-likeness (QED) is 0.419. The molecule has 11 heteroatoms. The molecule has 0 spiro atoms. The Bertz CT molecular complexity index is 1180. The van der Waals surface area contributed by atoms with Crippen LogP contribution in [0, 0.1) is 5.92 Å². The van der Waals surface area contributed by atoms with Gasteiger partial charge in [-0.25, -0.2) is 0 Å². The fourth-order valence-electron chi connectivity index (χ4n) is 4.79. The van der Waals surface area contributed by atoms with Crippen LogP contribution in [0.2, 0.25) is 5.02 Å². The van der Waals surface area contributed by atoms with E-state index in [4.69, 9.17) is 16.3 Å². The summed E-state index contributed by atoms with van der Waals surface area (Å²) >= 11 is 7.07. The van der Waals surface area contributed by atoms with Crippen LogP contribution in [0.1, 0.15) is 35.8 Å². The second-order valence-corrected chi connectivity index (χ2v) is 12.3. The molecule has 2 aromatic carbocycles. The molecule has 32 heavy (non-hydrogen) atoms. The summed E-state index contributed by atoms with van der Waals surface area (Å²) in [5, 5.41) is 2.03. The van der Waals surface area contributed by atoms with E-state index in [0.717, 1.165) is 30.0 Å². The lowest BCUT2D eigenvalue weighted by Gasteiger charge is -2.49. The Hall–Kier alpha value is -1.91. The smallest absolute Gasteiger partial charge is 0.310 e. The third-order valence-electron chi connectivity index (χ3n) is 6.28. The van der Waals surface area contributed by atoms with Crippen molar-refractivity contribution in [3.05, 3.63) is 64.8 Å². The number of halogens is 6. The standard InChI is InChI=1S/C21H17ClF5NO2S2/c1-10-20(31-21(29)28-10)19-12-6-11(7-12)16-8-13(2-4-15(16)19)30-18-5-3-14(9-17(18)22)32(23,24,25,26)27/h2-5,8-9,11-12,19-20H,1,6-7H2,(H,28,29)/t11?,12?,19-,20?/m1/s1. The van der Waals surface area contributed by atoms with Crippen LogP contribution in [0.25, 0.3) is 0 Å². The van der Waals surface area contributed by atoms with Crippen LogP contribution in [-0.2, 0) is 0 Å². The van der Waals surface area contributed by atoms with E-state index in [-0.39, 0.29) is 34.3 Å². The molecule has 2 aromatic rings. The van der Waals surface area contributed by atoms with Crippen LogP contribution < -0.4 is 10.1 Å². The van der Waals surface area contributed by atoms with Gasteiger partial charge in [-0.05, 0) is 66.1 Å². The number of thioether (sulfide) groups is 1. The molecule has 2 atom stereocenters. The van der Waals surface area contributed by atoms with Crippen molar-refractivity contribution < 1.29 is 29.0 Å². The first-order valence-electron chi connectivity index (χ1n) is 9.71. The number of hydrogen-bond acceptors (Lipinski definition) is 3. The zero-order valence-electron chi connectivity index (χ0n) is 16.3. The third kappa shape index (κ3) is 3.76. The zero-order chi connectivity index (χ0) is 23.1. The van der Waals surface area contributed by atoms with Gasteiger partial charge in [0.25, 0.3) is 5.24 Å². The van der Waals surface area contributed by atoms with E-state index in [9.17, 15) is 24.2 Å². The highest BCUT2D eigenvalue weighted by Gasteiger charge is 2.65. The minimum atomic E-state index is -9.83. The number of carbonyl (C=O) groups is 1. The molecule has 3 aliphatic carbocycles. The number of rotatable bonds is 4. The molecular weight excluding hydrogens is 493 g/mol. The fraction of sp³-hybridized carbons (Fsp3) is 0.286. The molecule has 1 aliphatic heterocycles. The van der Waals surface area contributed by atoms with Crippen LogP contribution >= 0.6 is 33.6 Å². The second-order valence-electron chi connectivity index (χ2n) is 8.38. The van der Waals surface area contributed by atoms with Gasteiger partial charge >= 0.3 is 10.2 Å². The molecule has 6 rings (SSSR count). The van der Waals surface area contributed by atoms with Gasteiger partial charge < -0.3 is 10.1 Å². The molecule has 1 heterocycles. The summed E-state index contributed by atoms with van der Waals surface area (Å²) in [6.07, 6.45) is 1.94. The van der Waals surface area contributed by atoms with Gasteiger partial charge in [0.15, 0.2) is 0 Å². The van der Waals surface area contributed by atoms with E-state index in [1.165, 1.54) is 11.8 Å². The van der Waals surface area contributed by atoms with Crippen molar-refractivity contribution in [1.82, 2.24) is 5.32 Å². The SMILES string of the molecule is C=C1NC(=O)SC1[C@H]1c2ccc(Oc3ccc(S(F)(F)(F)(F)F)cc3Cl)cc2C2CC1C2. The Kier molecular flexibility index (Phi) is 4.35. The minimum Gasteiger partial charge on any atom is -0.456 e. The third-order valence-corrected chi connectivity index (χ3v) is 8.87. The molecule has 1 unspecified atom stereocenters. The van der Waals surface area contributed by atoms with E-state index in [1.54, 1.807) is 6.07 Å². The van der Waals surface area contributed by atoms with E-state index in [1.807, 2.05) is 12.1 Å². The van der Waals surface area contributed by atoms with Crippen LogP contribution in [0.15, 0.2) is 53.6 Å². The normalized spacial score (nSPS) is 28.8. The average Bonchev–Trinajstić information content (AvgIpc) is 2.97. The Morgan fingerprint density at radius 1 is 1.06 bits per heavy atom. The van der Waals surface area contributed by atoms with E-state index >= 15 is 0 Å². The van der Waals surface area contributed by atoms with Crippen molar-refractivity contribution in [3.63, 3.8) is 0 Å². The molecule has 1 N–H and O–H groups in total. The zero-order valence-corrected chi connectivity index (χ0v) is 18.7. The highest BCUT2D eigenvalue weighted by molar-refractivity contribution is 8.45. The van der Waals surface area contributed by atoms with Crippen molar-refractivity contribution in [1.29, 1.82) is 0 Å². The summed E-state index contributed by atoms with van der Waals surface area (Å²) in [6, 6.07) is 6.64. The molecule has 1 saturated carbocycles. The monoisotopic (exact) mass is 509 g/mol. The van der Waals surface area contributed by atoms with Gasteiger partial charge in [-0.2, -0.15) is 0 Å². The molecule has 1 amide bonds. The highest BCUT2D eigenvalue weighted by Crippen LogP contribution is 3.02. The van der Waals surface area contributed by atoms with E-state index in [0.29, 0.717) is 23.3 Å². The van der Waals surface area contributed by atoms with E-state index < -0.39 is 20.1 Å². The lowest BCUT2D eigenvalue weighted by atomic mass is 9.56. The number of carbonyl (C=O) groups excluding carboxylic acids is 1. The summed E-state index contributed by atoms with van der Waals surface area (Å²) in [5.41, 5.74) is 2.85. The predicted octanol–water partition coefficient (Wildman–Crippen LogP) is 8.72. The van der Waals surface area contributed by atoms with Gasteiger partial charge in [-0.15, -0.1) is 0 Å². The van der Waals surface area contributed by atoms with E-state index in [2.05, 4.69) is 11.9 Å². The first-order chi connectivity index (χ1) is 14.7. The molecule has 2 bridgehead atoms. The van der Waals surface area contributed by atoms with Crippen molar-refractivity contribution in [2.75, 3.05) is 0 Å². The number of ether oxygens (including phenoxy) is 1. The number of amides is 1. The molecular formula is C21H17ClF5NO2S2. The Labute approximate surface area is 190 Å². The number of benzene rings is 2. The van der Waals surface area contributed by atoms with Crippen molar-refractivity contribution in [3.8, 4) is 11.5 Å². The topological polar surface area (TPSA) is 38.3 Å². The fourth-order valence-corrected chi connectivity index (χ4v) is 6.87. The molecule has 3 nitrogen and oxygen atoms in total. The summed E-state index contributed by atoms with van der Waals surface area (Å²) in [6.45, 7) is 3.98. The Morgan fingerprint density at radius 3 is 2.38 bits per heavy atom. The molecule has 0 aromatic heterocycles. The van der Waals surface area contributed by atoms with Gasteiger partial charge in [0, 0.05) is 11.6 Å². The Balaban J connectivity index is 1.44. The van der Waals surface area contributed by atoms with Gasteiger partial charge in [0.2, 0.25) is 0 Å². The van der Waals surface area contributed by atoms with Crippen LogP contribution in [0.5, 0.6) is 11.5 Å². The number of nitrogens with one attached hydrogen (secondary N) is 1. The second kappa shape index (κ2) is 6.36. The van der Waals surface area contributed by atoms with Crippen LogP contribution in [0.4, 0.5) is 24.2 Å². The first-order valence-corrected chi connectivity index (χ1v) is 12.9. The van der Waals surface area contributed by atoms with Gasteiger partial charge in [-0.1, -0.05) is 55.4 Å². The lowest BCUT2D eigenvalue weighted by Crippen LogP contribution is -2.39. The summed E-state index contributed by atoms with van der Waals surface area (Å²) in [4.78, 5) is 9.73. The van der Waals surface area contributed by atoms with Crippen molar-refractivity contribution >= 4 is 38.8 Å². The first kappa shape index (κ1) is 21.9. The summed E-state index contributed by atoms with van der Waals surface area (Å²) in [5.74, 6) is 1.12. The molecule has 4 aliphatic rings. The molecule has 0 radical (unpaired) electrons. The highest BCUT2D eigenvalue weighted by atomic mass is 35.5. The maximum absolute atomic E-state index is 13.0. The Morgan fingerprint density at radius 2 is 1.78 bits per heavy atom. The minimum absolute atomic E-state index is 0.0618. The lowest BCUT2D eigenvalue weighted by molar-refractivity contribution is 0.193.